The summed E-state index contributed by atoms with van der Waals surface area (Å²) in [5.41, 5.74) is 6.10. The van der Waals surface area contributed by atoms with Crippen molar-refractivity contribution in [2.75, 3.05) is 49.1 Å². The Bertz CT molecular complexity index is 1080. The van der Waals surface area contributed by atoms with Crippen molar-refractivity contribution in [3.63, 3.8) is 0 Å². The zero-order valence-corrected chi connectivity index (χ0v) is 21.8. The van der Waals surface area contributed by atoms with Crippen LogP contribution in [-0.2, 0) is 9.53 Å². The molecule has 12 heteroatoms. The lowest BCUT2D eigenvalue weighted by Gasteiger charge is -2.41. The van der Waals surface area contributed by atoms with E-state index in [0.29, 0.717) is 42.0 Å². The van der Waals surface area contributed by atoms with Crippen LogP contribution in [0.4, 0.5) is 22.2 Å². The average molecular weight is 551 g/mol. The van der Waals surface area contributed by atoms with Gasteiger partial charge in [0.25, 0.3) is 11.9 Å². The van der Waals surface area contributed by atoms with E-state index in [9.17, 15) is 14.4 Å². The second kappa shape index (κ2) is 11.0. The number of aromatic nitrogens is 1. The highest BCUT2D eigenvalue weighted by Gasteiger charge is 2.35. The number of anilines is 3. The number of carbonyl (C=O) groups is 3. The van der Waals surface area contributed by atoms with E-state index < -0.39 is 11.5 Å². The molecule has 11 nitrogen and oxygen atoms in total. The van der Waals surface area contributed by atoms with Crippen molar-refractivity contribution < 1.29 is 23.5 Å². The van der Waals surface area contributed by atoms with Crippen molar-refractivity contribution in [3.05, 3.63) is 34.6 Å². The molecule has 0 unspecified atom stereocenters. The minimum atomic E-state index is -0.529. The summed E-state index contributed by atoms with van der Waals surface area (Å²) in [6, 6.07) is 5.17. The van der Waals surface area contributed by atoms with Gasteiger partial charge in [0.2, 0.25) is 5.91 Å². The van der Waals surface area contributed by atoms with Gasteiger partial charge in [-0.15, -0.1) is 0 Å². The fraction of sp³-hybridized carbons (Fsp3) is 0.478. The van der Waals surface area contributed by atoms with Gasteiger partial charge in [-0.2, -0.15) is 4.98 Å². The van der Waals surface area contributed by atoms with Crippen LogP contribution >= 0.6 is 15.9 Å². The summed E-state index contributed by atoms with van der Waals surface area (Å²) in [5.74, 6) is -0.321. The van der Waals surface area contributed by atoms with Gasteiger partial charge < -0.3 is 35.3 Å². The van der Waals surface area contributed by atoms with Crippen LogP contribution in [0.2, 0.25) is 0 Å². The zero-order chi connectivity index (χ0) is 25.8. The number of amides is 3. The van der Waals surface area contributed by atoms with E-state index in [0.717, 1.165) is 0 Å². The van der Waals surface area contributed by atoms with E-state index in [4.69, 9.17) is 14.9 Å². The van der Waals surface area contributed by atoms with Gasteiger partial charge in [-0.25, -0.2) is 4.79 Å². The van der Waals surface area contributed by atoms with E-state index in [1.165, 1.54) is 6.26 Å². The van der Waals surface area contributed by atoms with Gasteiger partial charge in [-0.1, -0.05) is 0 Å². The number of oxazole rings is 1. The third kappa shape index (κ3) is 7.35. The van der Waals surface area contributed by atoms with Crippen molar-refractivity contribution in [2.45, 2.75) is 33.3 Å². The summed E-state index contributed by atoms with van der Waals surface area (Å²) < 4.78 is 10.9. The van der Waals surface area contributed by atoms with Crippen LogP contribution in [0.5, 0.6) is 0 Å². The number of likely N-dealkylation sites (N-methyl/N-ethyl adjacent to an activating group) is 1. The molecule has 1 aliphatic heterocycles. The summed E-state index contributed by atoms with van der Waals surface area (Å²) in [6.45, 7) is 9.78. The third-order valence-electron chi connectivity index (χ3n) is 5.23. The number of nitrogens with one attached hydrogen (secondary N) is 2. The van der Waals surface area contributed by atoms with Crippen LogP contribution in [0.15, 0.2) is 33.4 Å². The molecular weight excluding hydrogens is 520 g/mol. The third-order valence-corrected chi connectivity index (χ3v) is 5.93. The Morgan fingerprint density at radius 2 is 2.03 bits per heavy atom. The Kier molecular flexibility index (Phi) is 8.26. The monoisotopic (exact) mass is 550 g/mol. The molecule has 0 bridgehead atoms. The molecular formula is C23H31BrN6O5. The predicted octanol–water partition coefficient (Wildman–Crippen LogP) is 3.40. The van der Waals surface area contributed by atoms with Gasteiger partial charge in [0.1, 0.15) is 11.9 Å². The highest BCUT2D eigenvalue weighted by Crippen LogP contribution is 2.27. The summed E-state index contributed by atoms with van der Waals surface area (Å²) in [6.07, 6.45) is 0.850. The van der Waals surface area contributed by atoms with Gasteiger partial charge in [0.05, 0.1) is 12.2 Å². The van der Waals surface area contributed by atoms with Gasteiger partial charge in [-0.3, -0.25) is 9.59 Å². The van der Waals surface area contributed by atoms with Crippen LogP contribution in [0.3, 0.4) is 0 Å². The standard InChI is InChI=1S/C23H31BrN6O5/c1-5-29(10-14-11-30(12-14)22(33)35-23(2,3)4)19(31)9-26-15-6-7-16(24)17(8-15)27-20(32)18-13-34-21(25)28-18/h6-8,13-14,26H,5,9-12H2,1-4H3,(H2,25,28)(H,27,32). The van der Waals surface area contributed by atoms with Crippen molar-refractivity contribution in [3.8, 4) is 0 Å². The second-order valence-corrected chi connectivity index (χ2v) is 10.1. The van der Waals surface area contributed by atoms with E-state index >= 15 is 0 Å². The smallest absolute Gasteiger partial charge is 0.410 e. The van der Waals surface area contributed by atoms with Gasteiger partial charge in [0, 0.05) is 42.3 Å². The highest BCUT2D eigenvalue weighted by molar-refractivity contribution is 9.10. The number of hydrogen-bond donors (Lipinski definition) is 3. The molecule has 0 aliphatic carbocycles. The maximum atomic E-state index is 12.8. The number of nitrogen functional groups attached to an aromatic ring is 1. The molecule has 1 aliphatic rings. The fourth-order valence-corrected chi connectivity index (χ4v) is 3.82. The molecule has 3 rings (SSSR count). The first-order valence-electron chi connectivity index (χ1n) is 11.3. The molecule has 3 amide bonds. The molecule has 1 aromatic carbocycles. The summed E-state index contributed by atoms with van der Waals surface area (Å²) in [4.78, 5) is 44.4. The Morgan fingerprint density at radius 1 is 1.31 bits per heavy atom. The Morgan fingerprint density at radius 3 is 2.63 bits per heavy atom. The number of benzene rings is 1. The number of ether oxygens (including phenoxy) is 1. The van der Waals surface area contributed by atoms with E-state index in [1.54, 1.807) is 28.0 Å². The summed E-state index contributed by atoms with van der Waals surface area (Å²) in [7, 11) is 0. The molecule has 0 atom stereocenters. The topological polar surface area (TPSA) is 143 Å². The Balaban J connectivity index is 1.49. The fourth-order valence-electron chi connectivity index (χ4n) is 3.48. The quantitative estimate of drug-likeness (QED) is 0.453. The summed E-state index contributed by atoms with van der Waals surface area (Å²) in [5, 5.41) is 5.83. The lowest BCUT2D eigenvalue weighted by atomic mass is 10.00. The average Bonchev–Trinajstić information content (AvgIpc) is 3.18. The van der Waals surface area contributed by atoms with Crippen molar-refractivity contribution >= 4 is 51.2 Å². The van der Waals surface area contributed by atoms with Gasteiger partial charge >= 0.3 is 6.09 Å². The van der Waals surface area contributed by atoms with Crippen LogP contribution in [-0.4, -0.2) is 71.0 Å². The first-order chi connectivity index (χ1) is 16.4. The van der Waals surface area contributed by atoms with Crippen molar-refractivity contribution in [1.82, 2.24) is 14.8 Å². The number of nitrogens with zero attached hydrogens (tertiary/aromatic N) is 3. The van der Waals surface area contributed by atoms with Crippen molar-refractivity contribution in [1.29, 1.82) is 0 Å². The normalized spacial score (nSPS) is 13.7. The minimum absolute atomic E-state index is 0.0581. The molecule has 190 valence electrons. The molecule has 0 spiro atoms. The molecule has 1 saturated heterocycles. The maximum Gasteiger partial charge on any atom is 0.410 e. The summed E-state index contributed by atoms with van der Waals surface area (Å²) >= 11 is 3.40. The Hall–Kier alpha value is -3.28. The molecule has 35 heavy (non-hydrogen) atoms. The Labute approximate surface area is 212 Å². The number of likely N-dealkylation sites (tertiary alicyclic amines) is 1. The maximum absolute atomic E-state index is 12.8. The van der Waals surface area contributed by atoms with Crippen LogP contribution < -0.4 is 16.4 Å². The van der Waals surface area contributed by atoms with Crippen LogP contribution in [0, 0.1) is 5.92 Å². The van der Waals surface area contributed by atoms with Gasteiger partial charge in [0.15, 0.2) is 5.69 Å². The first kappa shape index (κ1) is 26.3. The van der Waals surface area contributed by atoms with Crippen LogP contribution in [0.1, 0.15) is 38.2 Å². The number of carbonyl (C=O) groups excluding carboxylic acids is 3. The molecule has 0 saturated carbocycles. The van der Waals surface area contributed by atoms with Gasteiger partial charge in [-0.05, 0) is 61.8 Å². The molecule has 1 fully saturated rings. The number of nitrogens with two attached hydrogens (primary N) is 1. The van der Waals surface area contributed by atoms with E-state index in [1.807, 2.05) is 27.7 Å². The molecule has 2 aromatic rings. The molecule has 2 heterocycles. The lowest BCUT2D eigenvalue weighted by Crippen LogP contribution is -2.55. The van der Waals surface area contributed by atoms with E-state index in [2.05, 4.69) is 31.5 Å². The predicted molar refractivity (Wildman–Crippen MR) is 135 cm³/mol. The molecule has 0 radical (unpaired) electrons. The van der Waals surface area contributed by atoms with Crippen molar-refractivity contribution in [2.24, 2.45) is 5.92 Å². The highest BCUT2D eigenvalue weighted by atomic mass is 79.9. The SMILES string of the molecule is CCN(CC1CN(C(=O)OC(C)(C)C)C1)C(=O)CNc1ccc(Br)c(NC(=O)c2coc(N)n2)c1. The molecule has 1 aromatic heterocycles. The number of hydrogen-bond acceptors (Lipinski definition) is 8. The van der Waals surface area contributed by atoms with Crippen LogP contribution in [0.25, 0.3) is 0 Å². The zero-order valence-electron chi connectivity index (χ0n) is 20.3. The largest absolute Gasteiger partial charge is 0.444 e. The lowest BCUT2D eigenvalue weighted by molar-refractivity contribution is -0.130. The number of halogens is 1. The van der Waals surface area contributed by atoms with E-state index in [-0.39, 0.29) is 36.2 Å². The minimum Gasteiger partial charge on any atom is -0.444 e. The number of rotatable bonds is 8. The molecule has 4 N–H and O–H groups in total. The first-order valence-corrected chi connectivity index (χ1v) is 12.1. The second-order valence-electron chi connectivity index (χ2n) is 9.26.